The van der Waals surface area contributed by atoms with Gasteiger partial charge in [-0.15, -0.1) is 0 Å². The van der Waals surface area contributed by atoms with Gasteiger partial charge in [-0.1, -0.05) is 6.07 Å². The molecule has 1 rings (SSSR count). The number of benzene rings is 1. The van der Waals surface area contributed by atoms with Gasteiger partial charge in [0.15, 0.2) is 0 Å². The number of hydrogen-bond donors (Lipinski definition) is 1. The Morgan fingerprint density at radius 3 is 2.43 bits per heavy atom. The van der Waals surface area contributed by atoms with Crippen LogP contribution in [0.3, 0.4) is 0 Å². The topological polar surface area (TPSA) is 30.5 Å². The zero-order chi connectivity index (χ0) is 16.0. The quantitative estimate of drug-likeness (QED) is 0.747. The zero-order valence-electron chi connectivity index (χ0n) is 12.1. The summed E-state index contributed by atoms with van der Waals surface area (Å²) < 4.78 is 60.2. The van der Waals surface area contributed by atoms with Crippen LogP contribution in [0.5, 0.6) is 5.75 Å². The number of halogens is 4. The fourth-order valence-electron chi connectivity index (χ4n) is 1.82. The molecule has 3 nitrogen and oxygen atoms in total. The fraction of sp³-hybridized carbons (Fsp3) is 0.571. The number of hydrogen-bond acceptors (Lipinski definition) is 3. The lowest BCUT2D eigenvalue weighted by Crippen LogP contribution is -2.39. The fourth-order valence-corrected chi connectivity index (χ4v) is 1.82. The highest BCUT2D eigenvalue weighted by Gasteiger charge is 2.40. The highest BCUT2D eigenvalue weighted by atomic mass is 19.3. The maximum Gasteiger partial charge on any atom is 0.319 e. The molecule has 1 unspecified atom stereocenters. The van der Waals surface area contributed by atoms with Crippen LogP contribution in [0.25, 0.3) is 0 Å². The first-order valence-electron chi connectivity index (χ1n) is 6.37. The van der Waals surface area contributed by atoms with Crippen LogP contribution in [-0.4, -0.2) is 33.1 Å². The van der Waals surface area contributed by atoms with E-state index in [1.807, 2.05) is 0 Å². The van der Waals surface area contributed by atoms with E-state index in [-0.39, 0.29) is 0 Å². The summed E-state index contributed by atoms with van der Waals surface area (Å²) in [5, 5.41) is 2.42. The van der Waals surface area contributed by atoms with Gasteiger partial charge in [-0.2, -0.15) is 8.78 Å². The highest BCUT2D eigenvalue weighted by Crippen LogP contribution is 2.26. The van der Waals surface area contributed by atoms with Gasteiger partial charge in [-0.25, -0.2) is 8.78 Å². The predicted octanol–water partition coefficient (Wildman–Crippen LogP) is 3.39. The van der Waals surface area contributed by atoms with Gasteiger partial charge in [-0.3, -0.25) is 0 Å². The highest BCUT2D eigenvalue weighted by molar-refractivity contribution is 5.38. The normalized spacial score (nSPS) is 13.5. The minimum Gasteiger partial charge on any atom is -0.496 e. The molecular weight excluding hydrogens is 290 g/mol. The zero-order valence-corrected chi connectivity index (χ0v) is 12.1. The van der Waals surface area contributed by atoms with Crippen molar-refractivity contribution in [1.29, 1.82) is 0 Å². The molecule has 0 amide bonds. The molecule has 1 atom stereocenters. The van der Waals surface area contributed by atoms with Gasteiger partial charge in [0.2, 0.25) is 0 Å². The first kappa shape index (κ1) is 17.7. The number of alkyl halides is 4. The smallest absolute Gasteiger partial charge is 0.319 e. The molecule has 1 aromatic rings. The lowest BCUT2D eigenvalue weighted by atomic mass is 10.0. The van der Waals surface area contributed by atoms with Crippen molar-refractivity contribution in [2.45, 2.75) is 31.9 Å². The largest absolute Gasteiger partial charge is 0.496 e. The third-order valence-electron chi connectivity index (χ3n) is 3.07. The molecule has 0 bridgehead atoms. The number of methoxy groups -OCH3 is 2. The maximum atomic E-state index is 12.9. The Kier molecular flexibility index (Phi) is 6.42. The number of ether oxygens (including phenoxy) is 2. The van der Waals surface area contributed by atoms with E-state index in [2.05, 4.69) is 5.32 Å². The second-order valence-corrected chi connectivity index (χ2v) is 4.67. The van der Waals surface area contributed by atoms with E-state index in [4.69, 9.17) is 9.47 Å². The average Bonchev–Trinajstić information content (AvgIpc) is 2.45. The molecule has 7 heteroatoms. The standard InChI is InChI=1S/C14H19F4NO2/c1-9(19-8-14(17,18)13(15)16)10-4-5-12(21-3)11(6-10)7-20-2/h4-6,9,13,19H,7-8H2,1-3H3. The molecule has 0 saturated heterocycles. The van der Waals surface area contributed by atoms with Gasteiger partial charge in [-0.05, 0) is 24.6 Å². The van der Waals surface area contributed by atoms with Gasteiger partial charge in [0.1, 0.15) is 5.75 Å². The van der Waals surface area contributed by atoms with E-state index in [1.54, 1.807) is 25.1 Å². The van der Waals surface area contributed by atoms with Crippen LogP contribution in [0.4, 0.5) is 17.6 Å². The molecule has 0 spiro atoms. The van der Waals surface area contributed by atoms with Crippen molar-refractivity contribution in [2.24, 2.45) is 0 Å². The molecule has 0 aliphatic carbocycles. The first-order chi connectivity index (χ1) is 9.81. The van der Waals surface area contributed by atoms with E-state index in [0.717, 1.165) is 5.56 Å². The Morgan fingerprint density at radius 2 is 1.90 bits per heavy atom. The third-order valence-corrected chi connectivity index (χ3v) is 3.07. The second-order valence-electron chi connectivity index (χ2n) is 4.67. The molecule has 21 heavy (non-hydrogen) atoms. The molecule has 120 valence electrons. The summed E-state index contributed by atoms with van der Waals surface area (Å²) in [5.41, 5.74) is 1.44. The first-order valence-corrected chi connectivity index (χ1v) is 6.37. The van der Waals surface area contributed by atoms with Crippen molar-refractivity contribution < 1.29 is 27.0 Å². The van der Waals surface area contributed by atoms with Crippen molar-refractivity contribution >= 4 is 0 Å². The van der Waals surface area contributed by atoms with Crippen LogP contribution in [0.15, 0.2) is 18.2 Å². The van der Waals surface area contributed by atoms with Gasteiger partial charge >= 0.3 is 12.3 Å². The molecule has 0 aliphatic heterocycles. The minimum atomic E-state index is -4.05. The summed E-state index contributed by atoms with van der Waals surface area (Å²) >= 11 is 0. The van der Waals surface area contributed by atoms with Gasteiger partial charge in [0.25, 0.3) is 0 Å². The van der Waals surface area contributed by atoms with Crippen molar-refractivity contribution in [2.75, 3.05) is 20.8 Å². The molecule has 1 aromatic carbocycles. The van der Waals surface area contributed by atoms with Crippen molar-refractivity contribution in [3.63, 3.8) is 0 Å². The lowest BCUT2D eigenvalue weighted by molar-refractivity contribution is -0.126. The average molecular weight is 309 g/mol. The number of nitrogens with one attached hydrogen (secondary N) is 1. The third kappa shape index (κ3) is 4.86. The molecule has 0 aromatic heterocycles. The minimum absolute atomic E-state index is 0.303. The Morgan fingerprint density at radius 1 is 1.24 bits per heavy atom. The number of rotatable bonds is 8. The van der Waals surface area contributed by atoms with Gasteiger partial charge < -0.3 is 14.8 Å². The Hall–Kier alpha value is -1.34. The summed E-state index contributed by atoms with van der Waals surface area (Å²) in [6.07, 6.45) is -3.68. The summed E-state index contributed by atoms with van der Waals surface area (Å²) in [6.45, 7) is 0.842. The lowest BCUT2D eigenvalue weighted by Gasteiger charge is -2.21. The van der Waals surface area contributed by atoms with E-state index >= 15 is 0 Å². The van der Waals surface area contributed by atoms with Crippen molar-refractivity contribution in [3.05, 3.63) is 29.3 Å². The summed E-state index contributed by atoms with van der Waals surface area (Å²) in [6, 6.07) is 4.61. The van der Waals surface area contributed by atoms with Crippen LogP contribution in [0.2, 0.25) is 0 Å². The Labute approximate surface area is 121 Å². The summed E-state index contributed by atoms with van der Waals surface area (Å²) in [7, 11) is 3.04. The van der Waals surface area contributed by atoms with E-state index in [0.29, 0.717) is 17.9 Å². The van der Waals surface area contributed by atoms with E-state index < -0.39 is 24.9 Å². The van der Waals surface area contributed by atoms with Crippen molar-refractivity contribution in [3.8, 4) is 5.75 Å². The van der Waals surface area contributed by atoms with Crippen LogP contribution < -0.4 is 10.1 Å². The molecule has 0 radical (unpaired) electrons. The van der Waals surface area contributed by atoms with E-state index in [1.165, 1.54) is 14.2 Å². The molecule has 0 saturated carbocycles. The molecular formula is C14H19F4NO2. The van der Waals surface area contributed by atoms with Crippen LogP contribution in [0.1, 0.15) is 24.1 Å². The monoisotopic (exact) mass is 309 g/mol. The molecule has 1 N–H and O–H groups in total. The van der Waals surface area contributed by atoms with Gasteiger partial charge in [0, 0.05) is 18.7 Å². The Balaban J connectivity index is 2.78. The SMILES string of the molecule is COCc1cc(C(C)NCC(F)(F)C(F)F)ccc1OC. The second kappa shape index (κ2) is 7.61. The summed E-state index contributed by atoms with van der Waals surface area (Å²) in [4.78, 5) is 0. The van der Waals surface area contributed by atoms with Crippen molar-refractivity contribution in [1.82, 2.24) is 5.32 Å². The summed E-state index contributed by atoms with van der Waals surface area (Å²) in [5.74, 6) is -3.43. The molecule has 0 fully saturated rings. The van der Waals surface area contributed by atoms with Crippen LogP contribution >= 0.6 is 0 Å². The predicted molar refractivity (Wildman–Crippen MR) is 71.1 cm³/mol. The van der Waals surface area contributed by atoms with Gasteiger partial charge in [0.05, 0.1) is 20.3 Å². The molecule has 0 heterocycles. The Bertz CT molecular complexity index is 455. The van der Waals surface area contributed by atoms with Crippen LogP contribution in [0, 0.1) is 0 Å². The molecule has 0 aliphatic rings. The maximum absolute atomic E-state index is 12.9. The van der Waals surface area contributed by atoms with Crippen LogP contribution in [-0.2, 0) is 11.3 Å². The van der Waals surface area contributed by atoms with E-state index in [9.17, 15) is 17.6 Å².